The van der Waals surface area contributed by atoms with Crippen molar-refractivity contribution in [2.45, 2.75) is 13.3 Å². The summed E-state index contributed by atoms with van der Waals surface area (Å²) in [5.74, 6) is -1.63. The number of hydrogen-bond acceptors (Lipinski definition) is 3. The number of H-pyrrole nitrogens is 1. The topological polar surface area (TPSA) is 59.2 Å². The lowest BCUT2D eigenvalue weighted by molar-refractivity contribution is -0.133. The van der Waals surface area contributed by atoms with E-state index in [1.54, 1.807) is 25.1 Å². The van der Waals surface area contributed by atoms with Crippen molar-refractivity contribution < 1.29 is 18.7 Å². The van der Waals surface area contributed by atoms with Crippen molar-refractivity contribution in [3.63, 3.8) is 0 Å². The number of fused-ring (bicyclic) bond motifs is 1. The van der Waals surface area contributed by atoms with Gasteiger partial charge in [0.1, 0.15) is 11.5 Å². The van der Waals surface area contributed by atoms with E-state index in [9.17, 15) is 14.0 Å². The van der Waals surface area contributed by atoms with Gasteiger partial charge in [-0.25, -0.2) is 4.39 Å². The predicted octanol–water partition coefficient (Wildman–Crippen LogP) is 5.16. The first-order valence-electron chi connectivity index (χ1n) is 7.42. The highest BCUT2D eigenvalue weighted by atomic mass is 35.5. The van der Waals surface area contributed by atoms with Gasteiger partial charge < -0.3 is 9.72 Å². The van der Waals surface area contributed by atoms with Crippen LogP contribution in [0.1, 0.15) is 29.4 Å². The highest BCUT2D eigenvalue weighted by Crippen LogP contribution is 2.34. The minimum Gasteiger partial charge on any atom is -0.423 e. The average molecular weight is 380 g/mol. The van der Waals surface area contributed by atoms with Gasteiger partial charge in [-0.2, -0.15) is 0 Å². The van der Waals surface area contributed by atoms with Crippen molar-refractivity contribution in [3.8, 4) is 5.75 Å². The number of nitrogens with one attached hydrogen (secondary N) is 1. The van der Waals surface area contributed by atoms with Crippen LogP contribution in [-0.2, 0) is 4.79 Å². The van der Waals surface area contributed by atoms with E-state index >= 15 is 0 Å². The Bertz CT molecular complexity index is 997. The van der Waals surface area contributed by atoms with E-state index in [2.05, 4.69) is 4.98 Å². The van der Waals surface area contributed by atoms with Gasteiger partial charge in [-0.3, -0.25) is 9.59 Å². The number of carbonyl (C=O) groups excluding carboxylic acids is 2. The van der Waals surface area contributed by atoms with Gasteiger partial charge in [0.15, 0.2) is 5.75 Å². The molecule has 128 valence electrons. The van der Waals surface area contributed by atoms with Gasteiger partial charge in [-0.1, -0.05) is 30.1 Å². The Labute approximate surface area is 152 Å². The van der Waals surface area contributed by atoms with Crippen LogP contribution in [0.5, 0.6) is 5.75 Å². The molecule has 3 rings (SSSR count). The maximum absolute atomic E-state index is 13.7. The van der Waals surface area contributed by atoms with E-state index in [-0.39, 0.29) is 28.5 Å². The summed E-state index contributed by atoms with van der Waals surface area (Å²) in [5, 5.41) is 0.903. The number of benzene rings is 2. The molecule has 7 heteroatoms. The van der Waals surface area contributed by atoms with Crippen LogP contribution in [0.25, 0.3) is 10.9 Å². The van der Waals surface area contributed by atoms with Gasteiger partial charge >= 0.3 is 5.97 Å². The molecule has 25 heavy (non-hydrogen) atoms. The van der Waals surface area contributed by atoms with Gasteiger partial charge in [0.25, 0.3) is 0 Å². The Morgan fingerprint density at radius 2 is 1.92 bits per heavy atom. The van der Waals surface area contributed by atoms with E-state index in [1.807, 2.05) is 0 Å². The molecule has 0 spiro atoms. The van der Waals surface area contributed by atoms with Crippen molar-refractivity contribution in [2.24, 2.45) is 0 Å². The number of halogens is 3. The third-order valence-corrected chi connectivity index (χ3v) is 4.17. The first-order chi connectivity index (χ1) is 11.9. The Kier molecular flexibility index (Phi) is 4.79. The van der Waals surface area contributed by atoms with Crippen molar-refractivity contribution in [2.75, 3.05) is 0 Å². The van der Waals surface area contributed by atoms with E-state index in [4.69, 9.17) is 27.9 Å². The molecule has 0 bridgehead atoms. The molecule has 2 aromatic carbocycles. The van der Waals surface area contributed by atoms with Crippen LogP contribution >= 0.6 is 23.2 Å². The zero-order valence-corrected chi connectivity index (χ0v) is 14.5. The van der Waals surface area contributed by atoms with Crippen molar-refractivity contribution in [1.82, 2.24) is 4.98 Å². The summed E-state index contributed by atoms with van der Waals surface area (Å²) in [7, 11) is 0. The summed E-state index contributed by atoms with van der Waals surface area (Å²) in [6, 6.07) is 8.61. The Morgan fingerprint density at radius 1 is 1.16 bits per heavy atom. The highest BCUT2D eigenvalue weighted by Gasteiger charge is 2.23. The first-order valence-corrected chi connectivity index (χ1v) is 8.18. The summed E-state index contributed by atoms with van der Waals surface area (Å²) >= 11 is 11.6. The van der Waals surface area contributed by atoms with Gasteiger partial charge in [0.2, 0.25) is 5.78 Å². The van der Waals surface area contributed by atoms with E-state index in [0.29, 0.717) is 15.9 Å². The lowest BCUT2D eigenvalue weighted by Gasteiger charge is -2.06. The van der Waals surface area contributed by atoms with Crippen molar-refractivity contribution in [1.29, 1.82) is 0 Å². The number of ether oxygens (including phenoxy) is 1. The number of aromatic nitrogens is 1. The molecule has 0 aliphatic rings. The van der Waals surface area contributed by atoms with E-state index in [0.717, 1.165) is 6.07 Å². The Morgan fingerprint density at radius 3 is 2.60 bits per heavy atom. The van der Waals surface area contributed by atoms with E-state index < -0.39 is 17.6 Å². The predicted molar refractivity (Wildman–Crippen MR) is 94.1 cm³/mol. The maximum atomic E-state index is 13.7. The largest absolute Gasteiger partial charge is 0.423 e. The molecule has 0 aliphatic carbocycles. The second kappa shape index (κ2) is 6.86. The minimum atomic E-state index is -0.709. The lowest BCUT2D eigenvalue weighted by atomic mass is 10.1. The molecule has 4 nitrogen and oxygen atoms in total. The monoisotopic (exact) mass is 379 g/mol. The molecule has 3 aromatic rings. The fraction of sp³-hybridized carbons (Fsp3) is 0.111. The summed E-state index contributed by atoms with van der Waals surface area (Å²) < 4.78 is 19.0. The molecule has 0 saturated carbocycles. The lowest BCUT2D eigenvalue weighted by Crippen LogP contribution is -2.10. The molecule has 0 atom stereocenters. The molecule has 1 aromatic heterocycles. The summed E-state index contributed by atoms with van der Waals surface area (Å²) in [4.78, 5) is 27.4. The fourth-order valence-electron chi connectivity index (χ4n) is 2.38. The summed E-state index contributed by atoms with van der Waals surface area (Å²) in [5.41, 5.74) is 0.651. The fourth-order valence-corrected chi connectivity index (χ4v) is 2.67. The standard InChI is InChI=1S/C18H12Cl2FNO3/c1-2-15(23)25-18-11-5-4-10(19)8-14(11)22-16(18)17(24)9-3-6-12(20)13(21)7-9/h3-8,22H,2H2,1H3. The molecule has 0 aliphatic heterocycles. The normalized spacial score (nSPS) is 10.9. The SMILES string of the molecule is CCC(=O)Oc1c(C(=O)c2ccc(Cl)c(F)c2)[nH]c2cc(Cl)ccc12. The summed E-state index contributed by atoms with van der Waals surface area (Å²) in [6.45, 7) is 1.64. The number of ketones is 1. The van der Waals surface area contributed by atoms with Crippen molar-refractivity contribution in [3.05, 3.63) is 63.5 Å². The molecule has 1 N–H and O–H groups in total. The third kappa shape index (κ3) is 3.38. The van der Waals surface area contributed by atoms with Crippen LogP contribution < -0.4 is 4.74 Å². The number of hydrogen-bond donors (Lipinski definition) is 1. The third-order valence-electron chi connectivity index (χ3n) is 3.63. The zero-order chi connectivity index (χ0) is 18.1. The van der Waals surface area contributed by atoms with Crippen molar-refractivity contribution >= 4 is 45.9 Å². The number of aromatic amines is 1. The number of rotatable bonds is 4. The van der Waals surface area contributed by atoms with Crippen LogP contribution in [0.4, 0.5) is 4.39 Å². The molecule has 0 amide bonds. The van der Waals surface area contributed by atoms with Crippen LogP contribution in [0.15, 0.2) is 36.4 Å². The molecular weight excluding hydrogens is 368 g/mol. The van der Waals surface area contributed by atoms with Crippen LogP contribution in [-0.4, -0.2) is 16.7 Å². The van der Waals surface area contributed by atoms with Gasteiger partial charge in [0, 0.05) is 22.4 Å². The zero-order valence-electron chi connectivity index (χ0n) is 13.0. The molecule has 0 fully saturated rings. The number of esters is 1. The molecule has 0 radical (unpaired) electrons. The van der Waals surface area contributed by atoms with Crippen LogP contribution in [0.2, 0.25) is 10.0 Å². The molecule has 1 heterocycles. The number of carbonyl (C=O) groups is 2. The minimum absolute atomic E-state index is 0.0424. The first kappa shape index (κ1) is 17.5. The Balaban J connectivity index is 2.16. The summed E-state index contributed by atoms with van der Waals surface area (Å²) in [6.07, 6.45) is 0.142. The average Bonchev–Trinajstić information content (AvgIpc) is 2.94. The smallest absolute Gasteiger partial charge is 0.310 e. The van der Waals surface area contributed by atoms with Gasteiger partial charge in [-0.05, 0) is 36.4 Å². The van der Waals surface area contributed by atoms with E-state index in [1.165, 1.54) is 12.1 Å². The molecule has 0 saturated heterocycles. The van der Waals surface area contributed by atoms with Crippen LogP contribution in [0.3, 0.4) is 0 Å². The highest BCUT2D eigenvalue weighted by molar-refractivity contribution is 6.31. The van der Waals surface area contributed by atoms with Gasteiger partial charge in [-0.15, -0.1) is 0 Å². The second-order valence-corrected chi connectivity index (χ2v) is 6.15. The maximum Gasteiger partial charge on any atom is 0.310 e. The van der Waals surface area contributed by atoms with Gasteiger partial charge in [0.05, 0.1) is 10.5 Å². The van der Waals surface area contributed by atoms with Crippen LogP contribution in [0, 0.1) is 5.82 Å². The Hall–Kier alpha value is -2.37. The molecule has 0 unspecified atom stereocenters. The quantitative estimate of drug-likeness (QED) is 0.502. The molecular formula is C18H12Cl2FNO3. The second-order valence-electron chi connectivity index (χ2n) is 5.30.